The number of rotatable bonds is 10. The molecule has 0 radical (unpaired) electrons. The van der Waals surface area contributed by atoms with Crippen LogP contribution in [0.2, 0.25) is 0 Å². The van der Waals surface area contributed by atoms with Crippen LogP contribution in [0.25, 0.3) is 0 Å². The fourth-order valence-corrected chi connectivity index (χ4v) is 3.29. The molecule has 0 amide bonds. The van der Waals surface area contributed by atoms with Gasteiger partial charge in [-0.3, -0.25) is 4.55 Å². The topological polar surface area (TPSA) is 86.7 Å². The Labute approximate surface area is 204 Å². The summed E-state index contributed by atoms with van der Waals surface area (Å²) in [4.78, 5) is -0.654. The molecule has 2 aromatic rings. The second-order valence-corrected chi connectivity index (χ2v) is 7.74. The van der Waals surface area contributed by atoms with Gasteiger partial charge in [0.1, 0.15) is 11.5 Å². The van der Waals surface area contributed by atoms with Crippen molar-refractivity contribution in [3.63, 3.8) is 0 Å². The van der Waals surface area contributed by atoms with E-state index in [0.29, 0.717) is 5.75 Å². The zero-order valence-electron chi connectivity index (χ0n) is 16.0. The molecule has 27 heavy (non-hydrogen) atoms. The van der Waals surface area contributed by atoms with E-state index in [-0.39, 0.29) is 57.1 Å². The van der Waals surface area contributed by atoms with Gasteiger partial charge in [-0.25, -0.2) is 0 Å². The van der Waals surface area contributed by atoms with E-state index in [9.17, 15) is 13.5 Å². The fraction of sp³-hybridized carbons (Fsp3) is 0.400. The van der Waals surface area contributed by atoms with Crippen LogP contribution in [0.1, 0.15) is 51.0 Å². The summed E-state index contributed by atoms with van der Waals surface area (Å²) in [6, 6.07) is 11.1. The SMILES string of the molecule is CCCCCCCCc1ccc(Oc2ccc(S(=O)(=O)O)c([O-])c2)cc1.[K+]. The summed E-state index contributed by atoms with van der Waals surface area (Å²) in [5.41, 5.74) is 1.24. The average molecular weight is 417 g/mol. The average Bonchev–Trinajstić information content (AvgIpc) is 2.58. The van der Waals surface area contributed by atoms with Crippen molar-refractivity contribution in [3.8, 4) is 17.2 Å². The van der Waals surface area contributed by atoms with Crippen molar-refractivity contribution in [3.05, 3.63) is 48.0 Å². The maximum atomic E-state index is 11.7. The maximum Gasteiger partial charge on any atom is 1.00 e. The van der Waals surface area contributed by atoms with E-state index in [1.165, 1.54) is 50.2 Å². The summed E-state index contributed by atoms with van der Waals surface area (Å²) >= 11 is 0. The standard InChI is InChI=1S/C20H26O5S.K/c1-2-3-4-5-6-7-8-16-9-11-17(12-10-16)25-18-13-14-20(19(21)15-18)26(22,23)24;/h9-15,21H,2-8H2,1H3,(H,22,23,24);/q;+1/p-1. The van der Waals surface area contributed by atoms with Crippen molar-refractivity contribution in [2.24, 2.45) is 0 Å². The Bertz CT molecular complexity index is 804. The van der Waals surface area contributed by atoms with Crippen molar-refractivity contribution in [1.82, 2.24) is 0 Å². The number of hydrogen-bond donors (Lipinski definition) is 1. The van der Waals surface area contributed by atoms with Crippen LogP contribution in [0.3, 0.4) is 0 Å². The third kappa shape index (κ3) is 8.64. The number of unbranched alkanes of at least 4 members (excludes halogenated alkanes) is 5. The Morgan fingerprint density at radius 2 is 1.52 bits per heavy atom. The molecule has 0 aliphatic rings. The Morgan fingerprint density at radius 3 is 2.11 bits per heavy atom. The first-order valence-electron chi connectivity index (χ1n) is 8.95. The summed E-state index contributed by atoms with van der Waals surface area (Å²) in [5, 5.41) is 11.7. The predicted molar refractivity (Wildman–Crippen MR) is 99.3 cm³/mol. The zero-order valence-corrected chi connectivity index (χ0v) is 19.9. The van der Waals surface area contributed by atoms with Crippen molar-refractivity contribution < 1.29 is 74.2 Å². The van der Waals surface area contributed by atoms with Crippen LogP contribution in [-0.2, 0) is 16.5 Å². The molecule has 0 heterocycles. The normalized spacial score (nSPS) is 11.0. The summed E-state index contributed by atoms with van der Waals surface area (Å²) in [6.07, 6.45) is 8.59. The van der Waals surface area contributed by atoms with Gasteiger partial charge < -0.3 is 9.84 Å². The third-order valence-electron chi connectivity index (χ3n) is 4.17. The van der Waals surface area contributed by atoms with Gasteiger partial charge in [0.25, 0.3) is 10.1 Å². The molecule has 0 atom stereocenters. The molecule has 0 aliphatic heterocycles. The third-order valence-corrected chi connectivity index (χ3v) is 5.06. The van der Waals surface area contributed by atoms with Crippen LogP contribution in [0.15, 0.2) is 47.4 Å². The van der Waals surface area contributed by atoms with E-state index in [1.54, 1.807) is 0 Å². The Hall–Kier alpha value is -0.414. The maximum absolute atomic E-state index is 11.7. The summed E-state index contributed by atoms with van der Waals surface area (Å²) < 4.78 is 36.6. The minimum Gasteiger partial charge on any atom is -0.871 e. The molecular weight excluding hydrogens is 391 g/mol. The van der Waals surface area contributed by atoms with Crippen molar-refractivity contribution >= 4 is 10.1 Å². The molecule has 142 valence electrons. The predicted octanol–water partition coefficient (Wildman–Crippen LogP) is 1.71. The van der Waals surface area contributed by atoms with Crippen LogP contribution >= 0.6 is 0 Å². The van der Waals surface area contributed by atoms with Crippen LogP contribution in [0, 0.1) is 0 Å². The van der Waals surface area contributed by atoms with Gasteiger partial charge in [0.05, 0.1) is 4.90 Å². The monoisotopic (exact) mass is 416 g/mol. The fourth-order valence-electron chi connectivity index (χ4n) is 2.73. The largest absolute Gasteiger partial charge is 1.00 e. The smallest absolute Gasteiger partial charge is 0.871 e. The van der Waals surface area contributed by atoms with E-state index in [1.807, 2.05) is 24.3 Å². The zero-order chi connectivity index (χ0) is 19.0. The molecule has 5 nitrogen and oxygen atoms in total. The van der Waals surface area contributed by atoms with Crippen LogP contribution in [0.5, 0.6) is 17.2 Å². The van der Waals surface area contributed by atoms with Gasteiger partial charge in [-0.2, -0.15) is 8.42 Å². The molecule has 0 unspecified atom stereocenters. The molecule has 0 spiro atoms. The van der Waals surface area contributed by atoms with Crippen molar-refractivity contribution in [1.29, 1.82) is 0 Å². The molecule has 1 N–H and O–H groups in total. The van der Waals surface area contributed by atoms with Gasteiger partial charge in [-0.15, -0.1) is 0 Å². The first-order valence-corrected chi connectivity index (χ1v) is 10.4. The molecule has 2 rings (SSSR count). The Morgan fingerprint density at radius 1 is 0.926 bits per heavy atom. The van der Waals surface area contributed by atoms with Gasteiger partial charge in [0, 0.05) is 0 Å². The first-order chi connectivity index (χ1) is 12.4. The van der Waals surface area contributed by atoms with Gasteiger partial charge in [-0.1, -0.05) is 56.9 Å². The van der Waals surface area contributed by atoms with Crippen LogP contribution in [-0.4, -0.2) is 13.0 Å². The molecule has 7 heteroatoms. The van der Waals surface area contributed by atoms with Crippen molar-refractivity contribution in [2.45, 2.75) is 56.8 Å². The Balaban J connectivity index is 0.00000364. The first kappa shape index (κ1) is 24.6. The summed E-state index contributed by atoms with van der Waals surface area (Å²) in [6.45, 7) is 2.21. The second-order valence-electron chi connectivity index (χ2n) is 6.35. The molecule has 0 aromatic heterocycles. The Kier molecular flexibility index (Phi) is 11.1. The van der Waals surface area contributed by atoms with Gasteiger partial charge in [-0.05, 0) is 48.7 Å². The summed E-state index contributed by atoms with van der Waals surface area (Å²) in [5.74, 6) is -0.00790. The van der Waals surface area contributed by atoms with Crippen LogP contribution < -0.4 is 61.2 Å². The number of aryl methyl sites for hydroxylation is 1. The van der Waals surface area contributed by atoms with Gasteiger partial charge in [0.2, 0.25) is 0 Å². The minimum atomic E-state index is -4.51. The molecule has 0 saturated carbocycles. The van der Waals surface area contributed by atoms with Gasteiger partial charge in [0.15, 0.2) is 0 Å². The quantitative estimate of drug-likeness (QED) is 0.362. The molecule has 0 saturated heterocycles. The van der Waals surface area contributed by atoms with E-state index in [4.69, 9.17) is 9.29 Å². The molecule has 0 fully saturated rings. The van der Waals surface area contributed by atoms with E-state index < -0.39 is 20.8 Å². The number of ether oxygens (including phenoxy) is 1. The molecule has 2 aromatic carbocycles. The van der Waals surface area contributed by atoms with Crippen LogP contribution in [0.4, 0.5) is 0 Å². The minimum absolute atomic E-state index is 0. The molecular formula is C20H25KO5S. The molecule has 0 bridgehead atoms. The number of benzene rings is 2. The number of hydrogen-bond acceptors (Lipinski definition) is 4. The van der Waals surface area contributed by atoms with E-state index in [0.717, 1.165) is 18.6 Å². The van der Waals surface area contributed by atoms with Gasteiger partial charge >= 0.3 is 51.4 Å². The second kappa shape index (κ2) is 12.2. The van der Waals surface area contributed by atoms with Crippen molar-refractivity contribution in [2.75, 3.05) is 0 Å². The van der Waals surface area contributed by atoms with E-state index in [2.05, 4.69) is 6.92 Å². The summed E-state index contributed by atoms with van der Waals surface area (Å²) in [7, 11) is -4.51. The van der Waals surface area contributed by atoms with E-state index >= 15 is 0 Å². The molecule has 0 aliphatic carbocycles.